The Morgan fingerprint density at radius 3 is 2.39 bits per heavy atom. The lowest BCUT2D eigenvalue weighted by Gasteiger charge is -2.35. The highest BCUT2D eigenvalue weighted by atomic mass is 32.3. The van der Waals surface area contributed by atoms with Crippen LogP contribution in [-0.2, 0) is 43.7 Å². The Labute approximate surface area is 184 Å². The number of carbonyl (C=O) groups excluding carboxylic acids is 2. The van der Waals surface area contributed by atoms with Crippen LogP contribution in [0.3, 0.4) is 0 Å². The van der Waals surface area contributed by atoms with E-state index in [0.717, 1.165) is 11.0 Å². The molecule has 31 heavy (non-hydrogen) atoms. The van der Waals surface area contributed by atoms with Gasteiger partial charge in [0.1, 0.15) is 20.9 Å². The molecule has 2 amide bonds. The molecule has 12 nitrogen and oxygen atoms in total. The zero-order chi connectivity index (χ0) is 23.7. The summed E-state index contributed by atoms with van der Waals surface area (Å²) >= 11 is 0.413. The van der Waals surface area contributed by atoms with Gasteiger partial charge in [0, 0.05) is 14.2 Å². The summed E-state index contributed by atoms with van der Waals surface area (Å²) in [5, 5.41) is 5.63. The van der Waals surface area contributed by atoms with Crippen molar-refractivity contribution in [1.82, 2.24) is 4.90 Å². The number of thiophene rings is 1. The van der Waals surface area contributed by atoms with E-state index in [4.69, 9.17) is 19.3 Å². The maximum absolute atomic E-state index is 13.0. The number of nitrogens with zero attached hydrogens (tertiary/aromatic N) is 1. The maximum Gasteiger partial charge on any atom is 0.247 e. The van der Waals surface area contributed by atoms with Crippen LogP contribution in [0.2, 0.25) is 0 Å². The fourth-order valence-corrected chi connectivity index (χ4v) is 7.15. The molecule has 176 valence electrons. The van der Waals surface area contributed by atoms with E-state index in [0.29, 0.717) is 11.3 Å². The molecule has 0 bridgehead atoms. The number of anilines is 1. The zero-order valence-corrected chi connectivity index (χ0v) is 20.0. The van der Waals surface area contributed by atoms with E-state index in [-0.39, 0.29) is 9.90 Å². The first-order valence-corrected chi connectivity index (χ1v) is 12.9. The van der Waals surface area contributed by atoms with Crippen LogP contribution < -0.4 is 10.5 Å². The Balaban J connectivity index is 2.36. The molecule has 4 unspecified atom stereocenters. The number of nitrogens with one attached hydrogen (secondary N) is 1. The lowest BCUT2D eigenvalue weighted by molar-refractivity contribution is -0.209. The molecule has 0 saturated carbocycles. The monoisotopic (exact) mass is 499 g/mol. The van der Waals surface area contributed by atoms with Crippen molar-refractivity contribution < 1.29 is 40.6 Å². The number of carbonyl (C=O) groups is 2. The molecular formula is C16H25N3O9S3. The SMILES string of the molecule is COC(C)OC(C)N(C(=O)CC1C(=O)Nc2cc(S(N)(=O)=O)sc2S1(=O)=O)C(C)OC. The van der Waals surface area contributed by atoms with Gasteiger partial charge in [-0.3, -0.25) is 14.5 Å². The molecule has 1 aromatic heterocycles. The van der Waals surface area contributed by atoms with Gasteiger partial charge in [-0.1, -0.05) is 0 Å². The molecule has 0 aliphatic carbocycles. The van der Waals surface area contributed by atoms with Crippen LogP contribution in [0.25, 0.3) is 0 Å². The predicted molar refractivity (Wildman–Crippen MR) is 110 cm³/mol. The number of primary sulfonamides is 1. The molecule has 0 saturated heterocycles. The Morgan fingerprint density at radius 1 is 1.26 bits per heavy atom. The Bertz CT molecular complexity index is 1050. The molecule has 0 fully saturated rings. The minimum Gasteiger partial charge on any atom is -0.362 e. The van der Waals surface area contributed by atoms with E-state index in [1.54, 1.807) is 20.8 Å². The molecule has 1 aliphatic rings. The lowest BCUT2D eigenvalue weighted by atomic mass is 10.2. The van der Waals surface area contributed by atoms with Gasteiger partial charge in [0.2, 0.25) is 31.7 Å². The van der Waals surface area contributed by atoms with Gasteiger partial charge in [0.15, 0.2) is 11.5 Å². The van der Waals surface area contributed by atoms with Gasteiger partial charge in [-0.15, -0.1) is 11.3 Å². The number of hydrogen-bond acceptors (Lipinski definition) is 10. The first-order chi connectivity index (χ1) is 14.2. The quantitative estimate of drug-likeness (QED) is 0.446. The summed E-state index contributed by atoms with van der Waals surface area (Å²) in [5.74, 6) is -1.68. The molecular weight excluding hydrogens is 474 g/mol. The number of methoxy groups -OCH3 is 2. The first kappa shape index (κ1) is 25.6. The van der Waals surface area contributed by atoms with E-state index >= 15 is 0 Å². The average Bonchev–Trinajstić information content (AvgIpc) is 3.10. The van der Waals surface area contributed by atoms with Crippen LogP contribution in [0.5, 0.6) is 0 Å². The van der Waals surface area contributed by atoms with Gasteiger partial charge in [0.25, 0.3) is 0 Å². The maximum atomic E-state index is 13.0. The van der Waals surface area contributed by atoms with Crippen LogP contribution in [0.4, 0.5) is 5.69 Å². The number of sulfone groups is 1. The van der Waals surface area contributed by atoms with E-state index in [1.165, 1.54) is 14.2 Å². The predicted octanol–water partition coefficient (Wildman–Crippen LogP) is 0.0560. The van der Waals surface area contributed by atoms with Gasteiger partial charge in [-0.2, -0.15) is 0 Å². The summed E-state index contributed by atoms with van der Waals surface area (Å²) in [7, 11) is -5.76. The van der Waals surface area contributed by atoms with Crippen LogP contribution in [0, 0.1) is 0 Å². The number of sulfonamides is 1. The van der Waals surface area contributed by atoms with Crippen molar-refractivity contribution in [2.24, 2.45) is 5.14 Å². The molecule has 1 aliphatic heterocycles. The molecule has 3 N–H and O–H groups in total. The van der Waals surface area contributed by atoms with Crippen molar-refractivity contribution in [2.45, 2.75) is 59.6 Å². The first-order valence-electron chi connectivity index (χ1n) is 8.97. The standard InChI is InChI=1S/C16H25N3O9S3/c1-8(26-4)19(9(2)28-10(3)27-5)13(20)7-12-15(21)18-11-6-14(31(17,24)25)29-16(11)30(12,22)23/h6,8-10,12H,7H2,1-5H3,(H,18,21)(H2,17,24,25). The Hall–Kier alpha value is -1.62. The van der Waals surface area contributed by atoms with Crippen molar-refractivity contribution in [3.63, 3.8) is 0 Å². The fraction of sp³-hybridized carbons (Fsp3) is 0.625. The second-order valence-electron chi connectivity index (χ2n) is 6.71. The van der Waals surface area contributed by atoms with Crippen molar-refractivity contribution in [3.8, 4) is 0 Å². The average molecular weight is 500 g/mol. The van der Waals surface area contributed by atoms with Crippen LogP contribution in [0.1, 0.15) is 27.2 Å². The second-order valence-corrected chi connectivity index (χ2v) is 11.9. The van der Waals surface area contributed by atoms with E-state index < -0.39 is 66.3 Å². The number of nitrogens with two attached hydrogens (primary N) is 1. The summed E-state index contributed by atoms with van der Waals surface area (Å²) in [4.78, 5) is 26.7. The van der Waals surface area contributed by atoms with Crippen LogP contribution in [-0.4, -0.2) is 71.8 Å². The number of hydrogen-bond donors (Lipinski definition) is 2. The van der Waals surface area contributed by atoms with Crippen molar-refractivity contribution in [2.75, 3.05) is 19.5 Å². The number of ether oxygens (including phenoxy) is 3. The summed E-state index contributed by atoms with van der Waals surface area (Å²) in [6.45, 7) is 4.71. The summed E-state index contributed by atoms with van der Waals surface area (Å²) in [6.07, 6.45) is -3.04. The summed E-state index contributed by atoms with van der Waals surface area (Å²) < 4.78 is 64.1. The van der Waals surface area contributed by atoms with Gasteiger partial charge in [-0.05, 0) is 26.8 Å². The summed E-state index contributed by atoms with van der Waals surface area (Å²) in [5.41, 5.74) is -0.185. The highest BCUT2D eigenvalue weighted by Crippen LogP contribution is 2.40. The van der Waals surface area contributed by atoms with Crippen molar-refractivity contribution in [3.05, 3.63) is 6.07 Å². The fourth-order valence-electron chi connectivity index (χ4n) is 2.95. The summed E-state index contributed by atoms with van der Waals surface area (Å²) in [6, 6.07) is 0.976. The van der Waals surface area contributed by atoms with Crippen LogP contribution >= 0.6 is 11.3 Å². The number of amides is 2. The largest absolute Gasteiger partial charge is 0.362 e. The minimum absolute atomic E-state index is 0.185. The smallest absolute Gasteiger partial charge is 0.247 e. The van der Waals surface area contributed by atoms with Gasteiger partial charge < -0.3 is 19.5 Å². The van der Waals surface area contributed by atoms with E-state index in [9.17, 15) is 26.4 Å². The Morgan fingerprint density at radius 2 is 1.87 bits per heavy atom. The van der Waals surface area contributed by atoms with Gasteiger partial charge in [0.05, 0.1) is 12.1 Å². The number of fused-ring (bicyclic) bond motifs is 1. The molecule has 2 rings (SSSR count). The molecule has 0 spiro atoms. The van der Waals surface area contributed by atoms with Crippen molar-refractivity contribution in [1.29, 1.82) is 0 Å². The third-order valence-electron chi connectivity index (χ3n) is 4.63. The lowest BCUT2D eigenvalue weighted by Crippen LogP contribution is -2.50. The Kier molecular flexibility index (Phi) is 7.84. The number of rotatable bonds is 9. The second kappa shape index (κ2) is 9.48. The molecule has 0 radical (unpaired) electrons. The molecule has 0 aromatic carbocycles. The topological polar surface area (TPSA) is 171 Å². The van der Waals surface area contributed by atoms with E-state index in [1.807, 2.05) is 0 Å². The molecule has 1 aromatic rings. The normalized spacial score (nSPS) is 21.0. The van der Waals surface area contributed by atoms with Crippen LogP contribution in [0.15, 0.2) is 14.5 Å². The highest BCUT2D eigenvalue weighted by molar-refractivity contribution is 7.96. The molecule has 2 heterocycles. The minimum atomic E-state index is -4.35. The van der Waals surface area contributed by atoms with Gasteiger partial charge >= 0.3 is 0 Å². The molecule has 4 atom stereocenters. The van der Waals surface area contributed by atoms with Crippen molar-refractivity contribution >= 4 is 48.7 Å². The van der Waals surface area contributed by atoms with E-state index in [2.05, 4.69) is 5.32 Å². The highest BCUT2D eigenvalue weighted by Gasteiger charge is 2.45. The van der Waals surface area contributed by atoms with Gasteiger partial charge in [-0.25, -0.2) is 22.0 Å². The third kappa shape index (κ3) is 5.42. The molecule has 15 heteroatoms. The zero-order valence-electron chi connectivity index (χ0n) is 17.5. The third-order valence-corrected chi connectivity index (χ3v) is 9.80.